The molecular weight excluding hydrogens is 484 g/mol. The smallest absolute Gasteiger partial charge is 0.295 e. The molecule has 1 heterocycles. The van der Waals surface area contributed by atoms with E-state index in [2.05, 4.69) is 13.8 Å². The van der Waals surface area contributed by atoms with Crippen molar-refractivity contribution in [2.45, 2.75) is 39.7 Å². The number of hydrogen-bond donors (Lipinski definition) is 1. The largest absolute Gasteiger partial charge is 0.507 e. The summed E-state index contributed by atoms with van der Waals surface area (Å²) in [6, 6.07) is 11.5. The SMILES string of the molecule is CCCOc1cccc(C(O)=C2C(=O)C(=O)N(CCN(C)C)C2c2ccc(OCCC(C)C)c(OC)c2)c1. The van der Waals surface area contributed by atoms with E-state index in [0.717, 1.165) is 12.8 Å². The van der Waals surface area contributed by atoms with Crippen LogP contribution in [0.3, 0.4) is 0 Å². The molecule has 2 aromatic carbocycles. The average molecular weight is 525 g/mol. The predicted octanol–water partition coefficient (Wildman–Crippen LogP) is 4.89. The maximum atomic E-state index is 13.3. The van der Waals surface area contributed by atoms with Gasteiger partial charge in [0, 0.05) is 18.7 Å². The molecule has 1 aliphatic heterocycles. The highest BCUT2D eigenvalue weighted by atomic mass is 16.5. The lowest BCUT2D eigenvalue weighted by Gasteiger charge is -2.27. The summed E-state index contributed by atoms with van der Waals surface area (Å²) < 4.78 is 17.3. The molecule has 2 aromatic rings. The van der Waals surface area contributed by atoms with Crippen LogP contribution in [0.15, 0.2) is 48.0 Å². The van der Waals surface area contributed by atoms with Crippen LogP contribution in [-0.4, -0.2) is 74.1 Å². The summed E-state index contributed by atoms with van der Waals surface area (Å²) >= 11 is 0. The number of carbonyl (C=O) groups is 2. The van der Waals surface area contributed by atoms with Crippen LogP contribution in [0.5, 0.6) is 17.2 Å². The van der Waals surface area contributed by atoms with Gasteiger partial charge in [-0.3, -0.25) is 9.59 Å². The average Bonchev–Trinajstić information content (AvgIpc) is 3.15. The van der Waals surface area contributed by atoms with E-state index in [-0.39, 0.29) is 11.3 Å². The lowest BCUT2D eigenvalue weighted by molar-refractivity contribution is -0.140. The molecule has 1 aliphatic rings. The molecule has 1 unspecified atom stereocenters. The summed E-state index contributed by atoms with van der Waals surface area (Å²) in [5, 5.41) is 11.4. The van der Waals surface area contributed by atoms with Crippen LogP contribution in [0.1, 0.15) is 50.8 Å². The number of carbonyl (C=O) groups excluding carboxylic acids is 2. The fourth-order valence-electron chi connectivity index (χ4n) is 4.25. The number of Topliss-reactive ketones (excluding diaryl/α,β-unsaturated/α-hetero) is 1. The van der Waals surface area contributed by atoms with E-state index < -0.39 is 17.7 Å². The third-order valence-corrected chi connectivity index (χ3v) is 6.36. The van der Waals surface area contributed by atoms with Gasteiger partial charge < -0.3 is 29.1 Å². The zero-order chi connectivity index (χ0) is 27.8. The third kappa shape index (κ3) is 6.86. The molecule has 0 aromatic heterocycles. The Hall–Kier alpha value is -3.52. The molecule has 0 spiro atoms. The van der Waals surface area contributed by atoms with Crippen LogP contribution in [0.2, 0.25) is 0 Å². The van der Waals surface area contributed by atoms with Gasteiger partial charge in [0.05, 0.1) is 31.9 Å². The van der Waals surface area contributed by atoms with E-state index in [1.54, 1.807) is 43.5 Å². The highest BCUT2D eigenvalue weighted by molar-refractivity contribution is 6.46. The van der Waals surface area contributed by atoms with Gasteiger partial charge >= 0.3 is 0 Å². The van der Waals surface area contributed by atoms with E-state index in [4.69, 9.17) is 14.2 Å². The van der Waals surface area contributed by atoms with Crippen molar-refractivity contribution in [3.05, 3.63) is 59.2 Å². The molecule has 1 amide bonds. The molecule has 0 aliphatic carbocycles. The number of likely N-dealkylation sites (tertiary alicyclic amines) is 1. The van der Waals surface area contributed by atoms with Crippen molar-refractivity contribution < 1.29 is 28.9 Å². The molecule has 8 heteroatoms. The normalized spacial score (nSPS) is 16.9. The molecule has 38 heavy (non-hydrogen) atoms. The van der Waals surface area contributed by atoms with E-state index in [9.17, 15) is 14.7 Å². The Bertz CT molecular complexity index is 1160. The van der Waals surface area contributed by atoms with Crippen LogP contribution >= 0.6 is 0 Å². The van der Waals surface area contributed by atoms with Gasteiger partial charge in [0.2, 0.25) is 0 Å². The van der Waals surface area contributed by atoms with Crippen molar-refractivity contribution in [2.75, 3.05) is 47.5 Å². The van der Waals surface area contributed by atoms with Crippen LogP contribution in [0, 0.1) is 5.92 Å². The lowest BCUT2D eigenvalue weighted by Crippen LogP contribution is -2.35. The molecule has 0 bridgehead atoms. The summed E-state index contributed by atoms with van der Waals surface area (Å²) in [7, 11) is 5.36. The van der Waals surface area contributed by atoms with Gasteiger partial charge in [-0.1, -0.05) is 39.0 Å². The first-order valence-electron chi connectivity index (χ1n) is 13.1. The fourth-order valence-corrected chi connectivity index (χ4v) is 4.25. The number of hydrogen-bond acceptors (Lipinski definition) is 7. The minimum absolute atomic E-state index is 0.0388. The van der Waals surface area contributed by atoms with E-state index in [1.165, 1.54) is 4.90 Å². The quantitative estimate of drug-likeness (QED) is 0.227. The van der Waals surface area contributed by atoms with Gasteiger partial charge in [0.1, 0.15) is 11.5 Å². The molecule has 8 nitrogen and oxygen atoms in total. The second kappa shape index (κ2) is 13.3. The summed E-state index contributed by atoms with van der Waals surface area (Å²) in [6.45, 7) is 8.22. The van der Waals surface area contributed by atoms with Gasteiger partial charge in [-0.25, -0.2) is 0 Å². The summed E-state index contributed by atoms with van der Waals surface area (Å²) in [6.07, 6.45) is 1.74. The second-order valence-corrected chi connectivity index (χ2v) is 10.1. The molecule has 0 saturated carbocycles. The van der Waals surface area contributed by atoms with Crippen molar-refractivity contribution in [1.29, 1.82) is 0 Å². The fraction of sp³-hybridized carbons (Fsp3) is 0.467. The van der Waals surface area contributed by atoms with Gasteiger partial charge in [-0.15, -0.1) is 0 Å². The van der Waals surface area contributed by atoms with Crippen molar-refractivity contribution in [1.82, 2.24) is 9.80 Å². The highest BCUT2D eigenvalue weighted by Gasteiger charge is 2.46. The van der Waals surface area contributed by atoms with Crippen molar-refractivity contribution >= 4 is 17.4 Å². The Morgan fingerprint density at radius 3 is 2.47 bits per heavy atom. The number of amides is 1. The molecular formula is C30H40N2O6. The van der Waals surface area contributed by atoms with E-state index >= 15 is 0 Å². The minimum atomic E-state index is -0.784. The third-order valence-electron chi connectivity index (χ3n) is 6.36. The summed E-state index contributed by atoms with van der Waals surface area (Å²) in [5.74, 6) is 0.568. The van der Waals surface area contributed by atoms with Crippen molar-refractivity contribution in [2.24, 2.45) is 5.92 Å². The molecule has 206 valence electrons. The van der Waals surface area contributed by atoms with Crippen LogP contribution in [0.25, 0.3) is 5.76 Å². The maximum absolute atomic E-state index is 13.3. The monoisotopic (exact) mass is 524 g/mol. The molecule has 1 saturated heterocycles. The zero-order valence-electron chi connectivity index (χ0n) is 23.3. The predicted molar refractivity (Wildman–Crippen MR) is 148 cm³/mol. The molecule has 1 atom stereocenters. The van der Waals surface area contributed by atoms with Crippen LogP contribution < -0.4 is 14.2 Å². The van der Waals surface area contributed by atoms with Crippen molar-refractivity contribution in [3.63, 3.8) is 0 Å². The first-order valence-corrected chi connectivity index (χ1v) is 13.1. The van der Waals surface area contributed by atoms with Gasteiger partial charge in [0.25, 0.3) is 11.7 Å². The molecule has 1 N–H and O–H groups in total. The Morgan fingerprint density at radius 2 is 1.82 bits per heavy atom. The number of rotatable bonds is 13. The highest BCUT2D eigenvalue weighted by Crippen LogP contribution is 2.42. The minimum Gasteiger partial charge on any atom is -0.507 e. The number of ketones is 1. The van der Waals surface area contributed by atoms with Gasteiger partial charge in [-0.2, -0.15) is 0 Å². The lowest BCUT2D eigenvalue weighted by atomic mass is 9.95. The molecule has 1 fully saturated rings. The molecule has 0 radical (unpaired) electrons. The maximum Gasteiger partial charge on any atom is 0.295 e. The first kappa shape index (κ1) is 29.0. The Morgan fingerprint density at radius 1 is 1.05 bits per heavy atom. The number of likely N-dealkylation sites (N-methyl/N-ethyl adjacent to an activating group) is 1. The number of nitrogens with zero attached hydrogens (tertiary/aromatic N) is 2. The summed E-state index contributed by atoms with van der Waals surface area (Å²) in [4.78, 5) is 30.0. The Labute approximate surface area is 225 Å². The standard InChI is InChI=1S/C30H40N2O6/c1-7-16-37-23-10-8-9-22(18-23)28(33)26-27(32(15-14-31(4)5)30(35)29(26)34)21-11-12-24(25(19-21)36-6)38-17-13-20(2)3/h8-12,18-20,27,33H,7,13-17H2,1-6H3. The Balaban J connectivity index is 2.08. The number of methoxy groups -OCH3 is 1. The number of ether oxygens (including phenoxy) is 3. The van der Waals surface area contributed by atoms with Gasteiger partial charge in [-0.05, 0) is 62.7 Å². The first-order chi connectivity index (χ1) is 18.2. The number of aliphatic hydroxyl groups is 1. The summed E-state index contributed by atoms with van der Waals surface area (Å²) in [5.41, 5.74) is 1.10. The van der Waals surface area contributed by atoms with Crippen LogP contribution in [-0.2, 0) is 9.59 Å². The van der Waals surface area contributed by atoms with E-state index in [0.29, 0.717) is 60.6 Å². The molecule has 3 rings (SSSR count). The van der Waals surface area contributed by atoms with Crippen molar-refractivity contribution in [3.8, 4) is 17.2 Å². The zero-order valence-corrected chi connectivity index (χ0v) is 23.3. The second-order valence-electron chi connectivity index (χ2n) is 10.1. The number of benzene rings is 2. The topological polar surface area (TPSA) is 88.5 Å². The van der Waals surface area contributed by atoms with Gasteiger partial charge in [0.15, 0.2) is 11.5 Å². The number of aliphatic hydroxyl groups excluding tert-OH is 1. The van der Waals surface area contributed by atoms with E-state index in [1.807, 2.05) is 32.0 Å². The Kier molecular flexibility index (Phi) is 10.2. The van der Waals surface area contributed by atoms with Crippen LogP contribution in [0.4, 0.5) is 0 Å².